The number of carbonyl (C=O) groups excluding carboxylic acids is 3. The number of nitrogens with zero attached hydrogens (tertiary/aromatic N) is 1. The summed E-state index contributed by atoms with van der Waals surface area (Å²) in [5.41, 5.74) is 5.68. The monoisotopic (exact) mass is 363 g/mol. The molecular weight excluding hydrogens is 338 g/mol. The molecule has 0 aliphatic carbocycles. The number of nitrogens with one attached hydrogen (secondary N) is 2. The van der Waals surface area contributed by atoms with E-state index in [-0.39, 0.29) is 24.2 Å². The zero-order chi connectivity index (χ0) is 18.9. The number of methoxy groups -OCH3 is 1. The number of ether oxygens (including phenoxy) is 2. The molecule has 8 heteroatoms. The fourth-order valence-electron chi connectivity index (χ4n) is 2.78. The normalized spacial score (nSPS) is 16.5. The van der Waals surface area contributed by atoms with Gasteiger partial charge >= 0.3 is 6.09 Å². The lowest BCUT2D eigenvalue weighted by Crippen LogP contribution is -2.50. The van der Waals surface area contributed by atoms with Crippen molar-refractivity contribution in [3.05, 3.63) is 29.8 Å². The molecule has 26 heavy (non-hydrogen) atoms. The molecule has 0 radical (unpaired) electrons. The Morgan fingerprint density at radius 1 is 1.19 bits per heavy atom. The number of hydrogen-bond acceptors (Lipinski definition) is 5. The lowest BCUT2D eigenvalue weighted by atomic mass is 9.98. The van der Waals surface area contributed by atoms with Crippen molar-refractivity contribution in [2.75, 3.05) is 26.8 Å². The predicted molar refractivity (Wildman–Crippen MR) is 94.3 cm³/mol. The fourth-order valence-corrected chi connectivity index (χ4v) is 2.78. The van der Waals surface area contributed by atoms with Crippen LogP contribution in [0.2, 0.25) is 0 Å². The summed E-state index contributed by atoms with van der Waals surface area (Å²) in [7, 11) is 1.57. The van der Waals surface area contributed by atoms with Gasteiger partial charge in [-0.15, -0.1) is 0 Å². The van der Waals surface area contributed by atoms with Crippen LogP contribution < -0.4 is 15.6 Å². The molecular formula is C18H25N3O5. The molecule has 1 aromatic carbocycles. The van der Waals surface area contributed by atoms with E-state index in [1.807, 2.05) is 0 Å². The van der Waals surface area contributed by atoms with Gasteiger partial charge < -0.3 is 14.4 Å². The fraction of sp³-hybridized carbons (Fsp3) is 0.500. The van der Waals surface area contributed by atoms with E-state index in [0.29, 0.717) is 31.9 Å². The number of hydrazine groups is 1. The van der Waals surface area contributed by atoms with E-state index in [1.165, 1.54) is 4.90 Å². The molecule has 3 amide bonds. The first-order chi connectivity index (χ1) is 12.5. The first-order valence-electron chi connectivity index (χ1n) is 8.66. The molecule has 0 unspecified atom stereocenters. The number of hydrogen-bond donors (Lipinski definition) is 2. The van der Waals surface area contributed by atoms with Crippen molar-refractivity contribution >= 4 is 17.9 Å². The van der Waals surface area contributed by atoms with Crippen LogP contribution >= 0.6 is 0 Å². The lowest BCUT2D eigenvalue weighted by molar-refractivity contribution is -0.132. The first kappa shape index (κ1) is 19.6. The molecule has 2 rings (SSSR count). The van der Waals surface area contributed by atoms with Crippen molar-refractivity contribution < 1.29 is 23.9 Å². The van der Waals surface area contributed by atoms with Crippen molar-refractivity contribution in [3.63, 3.8) is 0 Å². The van der Waals surface area contributed by atoms with E-state index >= 15 is 0 Å². The molecule has 8 nitrogen and oxygen atoms in total. The minimum absolute atomic E-state index is 0.143. The van der Waals surface area contributed by atoms with Crippen molar-refractivity contribution in [2.24, 2.45) is 5.92 Å². The van der Waals surface area contributed by atoms with Crippen LogP contribution in [0.25, 0.3) is 0 Å². The number of benzene rings is 1. The molecule has 142 valence electrons. The van der Waals surface area contributed by atoms with Crippen LogP contribution in [0, 0.1) is 5.92 Å². The quantitative estimate of drug-likeness (QED) is 0.768. The molecule has 1 saturated heterocycles. The third kappa shape index (κ3) is 5.65. The minimum atomic E-state index is -0.409. The van der Waals surface area contributed by atoms with Gasteiger partial charge in [0, 0.05) is 13.1 Å². The average molecular weight is 363 g/mol. The number of rotatable bonds is 5. The Hall–Kier alpha value is -2.77. The van der Waals surface area contributed by atoms with E-state index in [0.717, 1.165) is 12.0 Å². The Kier molecular flexibility index (Phi) is 7.25. The average Bonchev–Trinajstić information content (AvgIpc) is 2.67. The predicted octanol–water partition coefficient (Wildman–Crippen LogP) is 1.25. The Balaban J connectivity index is 1.77. The molecule has 0 aromatic heterocycles. The minimum Gasteiger partial charge on any atom is -0.497 e. The van der Waals surface area contributed by atoms with Gasteiger partial charge in [0.15, 0.2) is 0 Å². The molecule has 1 heterocycles. The first-order valence-corrected chi connectivity index (χ1v) is 8.66. The van der Waals surface area contributed by atoms with Crippen molar-refractivity contribution in [1.29, 1.82) is 0 Å². The van der Waals surface area contributed by atoms with E-state index in [2.05, 4.69) is 10.9 Å². The van der Waals surface area contributed by atoms with Crippen LogP contribution in [-0.4, -0.2) is 49.6 Å². The van der Waals surface area contributed by atoms with Gasteiger partial charge in [0.05, 0.1) is 26.1 Å². The lowest BCUT2D eigenvalue weighted by Gasteiger charge is -2.31. The van der Waals surface area contributed by atoms with Crippen LogP contribution in [0.3, 0.4) is 0 Å². The Morgan fingerprint density at radius 2 is 1.92 bits per heavy atom. The number of likely N-dealkylation sites (tertiary alicyclic amines) is 1. The third-order valence-electron chi connectivity index (χ3n) is 4.17. The van der Waals surface area contributed by atoms with Gasteiger partial charge in [-0.1, -0.05) is 12.1 Å². The molecule has 0 bridgehead atoms. The van der Waals surface area contributed by atoms with Crippen LogP contribution in [0.5, 0.6) is 5.75 Å². The number of carbonyl (C=O) groups is 3. The maximum Gasteiger partial charge on any atom is 0.409 e. The SMILES string of the molecule is CCOC(=O)N1CCC[C@H](C(=O)NNC(=O)Cc2ccc(OC)cc2)C1. The van der Waals surface area contributed by atoms with Crippen molar-refractivity contribution in [2.45, 2.75) is 26.2 Å². The summed E-state index contributed by atoms with van der Waals surface area (Å²) in [6.45, 7) is 2.91. The molecule has 0 saturated carbocycles. The highest BCUT2D eigenvalue weighted by Crippen LogP contribution is 2.17. The largest absolute Gasteiger partial charge is 0.497 e. The maximum atomic E-state index is 12.2. The number of piperidine rings is 1. The Morgan fingerprint density at radius 3 is 2.58 bits per heavy atom. The van der Waals surface area contributed by atoms with Crippen LogP contribution in [0.1, 0.15) is 25.3 Å². The third-order valence-corrected chi connectivity index (χ3v) is 4.17. The second-order valence-corrected chi connectivity index (χ2v) is 6.05. The summed E-state index contributed by atoms with van der Waals surface area (Å²) >= 11 is 0. The molecule has 0 spiro atoms. The van der Waals surface area contributed by atoms with Crippen molar-refractivity contribution in [1.82, 2.24) is 15.8 Å². The summed E-state index contributed by atoms with van der Waals surface area (Å²) in [4.78, 5) is 37.5. The topological polar surface area (TPSA) is 97.0 Å². The Labute approximate surface area is 152 Å². The summed E-state index contributed by atoms with van der Waals surface area (Å²) in [6.07, 6.45) is 1.12. The van der Waals surface area contributed by atoms with Gasteiger partial charge in [0.2, 0.25) is 11.8 Å². The molecule has 1 aliphatic rings. The van der Waals surface area contributed by atoms with Gasteiger partial charge in [-0.25, -0.2) is 4.79 Å². The van der Waals surface area contributed by atoms with Gasteiger partial charge in [0.1, 0.15) is 5.75 Å². The van der Waals surface area contributed by atoms with Gasteiger partial charge in [0.25, 0.3) is 0 Å². The van der Waals surface area contributed by atoms with Crippen LogP contribution in [0.15, 0.2) is 24.3 Å². The second kappa shape index (κ2) is 9.65. The van der Waals surface area contributed by atoms with E-state index in [4.69, 9.17) is 9.47 Å². The molecule has 2 N–H and O–H groups in total. The van der Waals surface area contributed by atoms with Gasteiger partial charge in [-0.2, -0.15) is 0 Å². The van der Waals surface area contributed by atoms with E-state index < -0.39 is 6.09 Å². The molecule has 1 aromatic rings. The smallest absolute Gasteiger partial charge is 0.409 e. The standard InChI is InChI=1S/C18H25N3O5/c1-3-26-18(24)21-10-4-5-14(12-21)17(23)20-19-16(22)11-13-6-8-15(25-2)9-7-13/h6-9,14H,3-5,10-12H2,1-2H3,(H,19,22)(H,20,23)/t14-/m0/s1. The highest BCUT2D eigenvalue weighted by molar-refractivity contribution is 5.84. The maximum absolute atomic E-state index is 12.2. The zero-order valence-electron chi connectivity index (χ0n) is 15.1. The Bertz CT molecular complexity index is 632. The second-order valence-electron chi connectivity index (χ2n) is 6.05. The summed E-state index contributed by atoms with van der Waals surface area (Å²) in [5, 5.41) is 0. The highest BCUT2D eigenvalue weighted by atomic mass is 16.6. The van der Waals surface area contributed by atoms with Gasteiger partial charge in [-0.05, 0) is 37.5 Å². The molecule has 1 aliphatic heterocycles. The summed E-state index contributed by atoms with van der Waals surface area (Å²) in [5.74, 6) is -0.274. The molecule has 1 atom stereocenters. The van der Waals surface area contributed by atoms with Crippen molar-refractivity contribution in [3.8, 4) is 5.75 Å². The summed E-state index contributed by atoms with van der Waals surface area (Å²) in [6, 6.07) is 7.12. The van der Waals surface area contributed by atoms with Crippen LogP contribution in [0.4, 0.5) is 4.79 Å². The molecule has 1 fully saturated rings. The van der Waals surface area contributed by atoms with Crippen LogP contribution in [-0.2, 0) is 20.7 Å². The van der Waals surface area contributed by atoms with E-state index in [1.54, 1.807) is 38.3 Å². The van der Waals surface area contributed by atoms with Gasteiger partial charge in [-0.3, -0.25) is 20.4 Å². The van der Waals surface area contributed by atoms with E-state index in [9.17, 15) is 14.4 Å². The summed E-state index contributed by atoms with van der Waals surface area (Å²) < 4.78 is 10.0. The zero-order valence-corrected chi connectivity index (χ0v) is 15.1. The highest BCUT2D eigenvalue weighted by Gasteiger charge is 2.29. The number of amides is 3.